The van der Waals surface area contributed by atoms with Crippen molar-refractivity contribution in [2.24, 2.45) is 14.1 Å². The molecule has 0 N–H and O–H groups in total. The van der Waals surface area contributed by atoms with Gasteiger partial charge in [-0.1, -0.05) is 54.4 Å². The summed E-state index contributed by atoms with van der Waals surface area (Å²) in [5.41, 5.74) is 0.642. The molecular weight excluding hydrogens is 407 g/mol. The van der Waals surface area contributed by atoms with E-state index in [1.165, 1.54) is 9.13 Å². The number of thioether (sulfide) groups is 1. The third kappa shape index (κ3) is 3.81. The van der Waals surface area contributed by atoms with Crippen LogP contribution in [0.4, 0.5) is 0 Å². The fourth-order valence-corrected chi connectivity index (χ4v) is 4.34. The van der Waals surface area contributed by atoms with Gasteiger partial charge in [0.05, 0.1) is 6.54 Å². The van der Waals surface area contributed by atoms with Gasteiger partial charge in [0.25, 0.3) is 5.56 Å². The van der Waals surface area contributed by atoms with E-state index in [1.807, 2.05) is 0 Å². The average molecular weight is 427 g/mol. The Balaban J connectivity index is 2.13. The monoisotopic (exact) mass is 426 g/mol. The first-order chi connectivity index (χ1) is 12.8. The summed E-state index contributed by atoms with van der Waals surface area (Å²) >= 11 is 13.7. The Hall–Kier alpha value is -1.70. The van der Waals surface area contributed by atoms with Crippen LogP contribution in [-0.2, 0) is 20.6 Å². The Labute approximate surface area is 170 Å². The van der Waals surface area contributed by atoms with Crippen molar-refractivity contribution in [2.45, 2.75) is 31.5 Å². The molecule has 0 fully saturated rings. The van der Waals surface area contributed by atoms with E-state index < -0.39 is 5.69 Å². The van der Waals surface area contributed by atoms with Gasteiger partial charge in [-0.2, -0.15) is 0 Å². The summed E-state index contributed by atoms with van der Waals surface area (Å²) < 4.78 is 4.35. The van der Waals surface area contributed by atoms with Crippen LogP contribution < -0.4 is 11.2 Å². The standard InChI is InChI=1S/C18H20Cl2N4O2S/c1-4-5-8-27-17-21-15-14(22(17)2)16(25)24(18(26)23(15)3)10-11-6-7-12(19)9-13(11)20/h6-7,9H,4-5,8,10H2,1-3H3. The molecule has 2 aromatic heterocycles. The summed E-state index contributed by atoms with van der Waals surface area (Å²) in [5.74, 6) is 0.913. The van der Waals surface area contributed by atoms with Crippen molar-refractivity contribution >= 4 is 46.1 Å². The molecule has 0 aliphatic rings. The van der Waals surface area contributed by atoms with E-state index in [0.29, 0.717) is 26.8 Å². The quantitative estimate of drug-likeness (QED) is 0.445. The average Bonchev–Trinajstić information content (AvgIpc) is 2.96. The summed E-state index contributed by atoms with van der Waals surface area (Å²) in [5, 5.41) is 1.64. The second kappa shape index (κ2) is 8.12. The van der Waals surface area contributed by atoms with Crippen LogP contribution in [0.3, 0.4) is 0 Å². The molecule has 2 heterocycles. The lowest BCUT2D eigenvalue weighted by molar-refractivity contribution is 0.655. The molecule has 3 aromatic rings. The van der Waals surface area contributed by atoms with Gasteiger partial charge in [0.15, 0.2) is 16.3 Å². The van der Waals surface area contributed by atoms with E-state index >= 15 is 0 Å². The Bertz CT molecular complexity index is 1120. The van der Waals surface area contributed by atoms with Crippen LogP contribution in [0.5, 0.6) is 0 Å². The molecule has 6 nitrogen and oxygen atoms in total. The van der Waals surface area contributed by atoms with Crippen LogP contribution in [-0.4, -0.2) is 24.4 Å². The van der Waals surface area contributed by atoms with Crippen LogP contribution in [0, 0.1) is 0 Å². The maximum atomic E-state index is 13.1. The van der Waals surface area contributed by atoms with Crippen molar-refractivity contribution in [3.05, 3.63) is 54.6 Å². The number of aryl methyl sites for hydroxylation is 2. The molecule has 0 radical (unpaired) electrons. The van der Waals surface area contributed by atoms with Gasteiger partial charge in [-0.05, 0) is 24.1 Å². The van der Waals surface area contributed by atoms with Crippen molar-refractivity contribution in [3.8, 4) is 0 Å². The molecule has 0 amide bonds. The molecule has 0 saturated heterocycles. The number of imidazole rings is 1. The van der Waals surface area contributed by atoms with Gasteiger partial charge in [-0.3, -0.25) is 13.9 Å². The molecule has 144 valence electrons. The predicted octanol–water partition coefficient (Wildman–Crippen LogP) is 3.68. The molecule has 0 unspecified atom stereocenters. The smallest absolute Gasteiger partial charge is 0.316 e. The van der Waals surface area contributed by atoms with Gasteiger partial charge in [0.2, 0.25) is 0 Å². The highest BCUT2D eigenvalue weighted by atomic mass is 35.5. The van der Waals surface area contributed by atoms with Gasteiger partial charge in [-0.25, -0.2) is 9.78 Å². The number of aromatic nitrogens is 4. The number of hydrogen-bond donors (Lipinski definition) is 0. The molecule has 0 aliphatic carbocycles. The highest BCUT2D eigenvalue weighted by molar-refractivity contribution is 7.99. The number of benzene rings is 1. The van der Waals surface area contributed by atoms with Gasteiger partial charge in [0, 0.05) is 29.9 Å². The summed E-state index contributed by atoms with van der Waals surface area (Å²) in [7, 11) is 3.42. The summed E-state index contributed by atoms with van der Waals surface area (Å²) in [4.78, 5) is 30.3. The lowest BCUT2D eigenvalue weighted by Crippen LogP contribution is -2.39. The SMILES string of the molecule is CCCCSc1nc2c(c(=O)n(Cc3ccc(Cl)cc3Cl)c(=O)n2C)n1C. The zero-order valence-corrected chi connectivity index (χ0v) is 17.7. The number of halogens is 2. The molecule has 3 rings (SSSR count). The van der Waals surface area contributed by atoms with Gasteiger partial charge in [-0.15, -0.1) is 0 Å². The molecule has 0 bridgehead atoms. The minimum atomic E-state index is -0.429. The van der Waals surface area contributed by atoms with E-state index in [0.717, 1.165) is 23.8 Å². The molecule has 0 aliphatic heterocycles. The van der Waals surface area contributed by atoms with Crippen molar-refractivity contribution < 1.29 is 0 Å². The molecule has 0 saturated carbocycles. The summed E-state index contributed by atoms with van der Waals surface area (Å²) in [6, 6.07) is 5.00. The van der Waals surface area contributed by atoms with Crippen LogP contribution >= 0.6 is 35.0 Å². The number of rotatable bonds is 6. The summed E-state index contributed by atoms with van der Waals surface area (Å²) in [6.07, 6.45) is 2.15. The fourth-order valence-electron chi connectivity index (χ4n) is 2.82. The Kier molecular flexibility index (Phi) is 6.03. The van der Waals surface area contributed by atoms with Crippen LogP contribution in [0.2, 0.25) is 10.0 Å². The van der Waals surface area contributed by atoms with E-state index in [2.05, 4.69) is 11.9 Å². The molecular formula is C18H20Cl2N4O2S. The Morgan fingerprint density at radius 2 is 1.89 bits per heavy atom. The molecule has 27 heavy (non-hydrogen) atoms. The first kappa shape index (κ1) is 20.0. The molecule has 9 heteroatoms. The Morgan fingerprint density at radius 1 is 1.15 bits per heavy atom. The third-order valence-corrected chi connectivity index (χ3v) is 6.09. The van der Waals surface area contributed by atoms with Crippen molar-refractivity contribution in [1.29, 1.82) is 0 Å². The second-order valence-corrected chi connectivity index (χ2v) is 8.20. The Morgan fingerprint density at radius 3 is 2.56 bits per heavy atom. The van der Waals surface area contributed by atoms with Gasteiger partial charge < -0.3 is 4.57 Å². The van der Waals surface area contributed by atoms with E-state index in [4.69, 9.17) is 23.2 Å². The van der Waals surface area contributed by atoms with E-state index in [1.54, 1.807) is 48.6 Å². The fraction of sp³-hybridized carbons (Fsp3) is 0.389. The highest BCUT2D eigenvalue weighted by Gasteiger charge is 2.19. The largest absolute Gasteiger partial charge is 0.332 e. The second-order valence-electron chi connectivity index (χ2n) is 6.30. The van der Waals surface area contributed by atoms with Crippen molar-refractivity contribution in [1.82, 2.24) is 18.7 Å². The van der Waals surface area contributed by atoms with Crippen LogP contribution in [0.25, 0.3) is 11.2 Å². The maximum Gasteiger partial charge on any atom is 0.332 e. The van der Waals surface area contributed by atoms with E-state index in [9.17, 15) is 9.59 Å². The van der Waals surface area contributed by atoms with Gasteiger partial charge in [0.1, 0.15) is 0 Å². The lowest BCUT2D eigenvalue weighted by Gasteiger charge is -2.10. The first-order valence-corrected chi connectivity index (χ1v) is 10.3. The number of unbranched alkanes of at least 4 members (excludes halogenated alkanes) is 1. The summed E-state index contributed by atoms with van der Waals surface area (Å²) in [6.45, 7) is 2.20. The zero-order chi connectivity index (χ0) is 19.7. The lowest BCUT2D eigenvalue weighted by atomic mass is 10.2. The normalized spacial score (nSPS) is 11.4. The topological polar surface area (TPSA) is 61.8 Å². The minimum Gasteiger partial charge on any atom is -0.316 e. The zero-order valence-electron chi connectivity index (χ0n) is 15.3. The number of fused-ring (bicyclic) bond motifs is 1. The molecule has 1 aromatic carbocycles. The highest BCUT2D eigenvalue weighted by Crippen LogP contribution is 2.23. The van der Waals surface area contributed by atoms with Crippen molar-refractivity contribution in [2.75, 3.05) is 5.75 Å². The predicted molar refractivity (Wildman–Crippen MR) is 111 cm³/mol. The first-order valence-electron chi connectivity index (χ1n) is 8.58. The molecule has 0 spiro atoms. The van der Waals surface area contributed by atoms with Crippen LogP contribution in [0.1, 0.15) is 25.3 Å². The third-order valence-electron chi connectivity index (χ3n) is 4.39. The van der Waals surface area contributed by atoms with E-state index in [-0.39, 0.29) is 12.1 Å². The maximum absolute atomic E-state index is 13.1. The number of hydrogen-bond acceptors (Lipinski definition) is 4. The number of nitrogens with zero attached hydrogens (tertiary/aromatic N) is 4. The van der Waals surface area contributed by atoms with Gasteiger partial charge >= 0.3 is 5.69 Å². The van der Waals surface area contributed by atoms with Crippen LogP contribution in [0.15, 0.2) is 32.9 Å². The van der Waals surface area contributed by atoms with Crippen molar-refractivity contribution in [3.63, 3.8) is 0 Å². The minimum absolute atomic E-state index is 0.0704. The molecule has 0 atom stereocenters.